The molecule has 2 aromatic carbocycles. The molecule has 0 saturated carbocycles. The Labute approximate surface area is 160 Å². The molecule has 0 N–H and O–H groups in total. The molecular weight excluding hydrogens is 338 g/mol. The van der Waals surface area contributed by atoms with Gasteiger partial charge in [-0.25, -0.2) is 0 Å². The van der Waals surface area contributed by atoms with Gasteiger partial charge in [-0.1, -0.05) is 36.4 Å². The van der Waals surface area contributed by atoms with E-state index in [1.807, 2.05) is 18.2 Å². The molecule has 3 aromatic rings. The number of ether oxygens (including phenoxy) is 3. The third kappa shape index (κ3) is 4.22. The molecule has 0 bridgehead atoms. The maximum atomic E-state index is 5.65. The molecule has 0 unspecified atom stereocenters. The minimum Gasteiger partial charge on any atom is -0.492 e. The van der Waals surface area contributed by atoms with E-state index in [1.54, 1.807) is 33.7 Å². The van der Waals surface area contributed by atoms with Crippen LogP contribution in [-0.4, -0.2) is 26.3 Å². The first-order valence-electron chi connectivity index (χ1n) is 8.97. The summed E-state index contributed by atoms with van der Waals surface area (Å²) in [6.07, 6.45) is 6.35. The van der Waals surface area contributed by atoms with Gasteiger partial charge in [0, 0.05) is 35.2 Å². The molecule has 1 aromatic heterocycles. The zero-order valence-corrected chi connectivity index (χ0v) is 16.0. The molecular formula is C23H24NO3. The minimum atomic E-state index is 0.590. The van der Waals surface area contributed by atoms with Crippen LogP contribution < -0.4 is 14.2 Å². The lowest BCUT2D eigenvalue weighted by Gasteiger charge is -2.19. The molecule has 0 atom stereocenters. The summed E-state index contributed by atoms with van der Waals surface area (Å²) in [6, 6.07) is 17.8. The molecule has 0 saturated heterocycles. The van der Waals surface area contributed by atoms with E-state index < -0.39 is 0 Å². The third-order valence-electron chi connectivity index (χ3n) is 4.49. The Hall–Kier alpha value is -3.01. The molecule has 27 heavy (non-hydrogen) atoms. The topological polar surface area (TPSA) is 40.6 Å². The van der Waals surface area contributed by atoms with Gasteiger partial charge in [0.05, 0.1) is 21.3 Å². The van der Waals surface area contributed by atoms with Gasteiger partial charge in [-0.2, -0.15) is 0 Å². The Balaban J connectivity index is 1.96. The summed E-state index contributed by atoms with van der Waals surface area (Å²) in [7, 11) is 4.90. The lowest BCUT2D eigenvalue weighted by molar-refractivity contribution is 0.322. The summed E-state index contributed by atoms with van der Waals surface area (Å²) >= 11 is 0. The van der Waals surface area contributed by atoms with E-state index in [2.05, 4.69) is 35.3 Å². The summed E-state index contributed by atoms with van der Waals surface area (Å²) < 4.78 is 16.9. The Bertz CT molecular complexity index is 864. The maximum absolute atomic E-state index is 5.65. The van der Waals surface area contributed by atoms with E-state index in [-0.39, 0.29) is 0 Å². The maximum Gasteiger partial charge on any atom is 0.204 e. The fraction of sp³-hybridized carbons (Fsp3) is 0.261. The van der Waals surface area contributed by atoms with Crippen LogP contribution in [0.25, 0.3) is 11.1 Å². The van der Waals surface area contributed by atoms with Crippen molar-refractivity contribution in [3.8, 4) is 28.4 Å². The Morgan fingerprint density at radius 1 is 0.815 bits per heavy atom. The summed E-state index contributed by atoms with van der Waals surface area (Å²) in [4.78, 5) is 4.22. The first kappa shape index (κ1) is 18.8. The number of benzene rings is 2. The standard InChI is InChI=1S/C23H24NO3/c1-25-21-18(12-7-11-17-9-5-4-6-10-17)15-20(19-13-8-14-24-16-19)22(26-2)23(21)27-3/h4-6,8-10,13-14,16H,7,11-12H2,1-3H3. The van der Waals surface area contributed by atoms with Crippen molar-refractivity contribution in [3.63, 3.8) is 0 Å². The molecule has 0 amide bonds. The molecule has 1 heterocycles. The molecule has 3 rings (SSSR count). The number of nitrogens with zero attached hydrogens (tertiary/aromatic N) is 1. The van der Waals surface area contributed by atoms with Gasteiger partial charge in [0.2, 0.25) is 5.75 Å². The van der Waals surface area contributed by atoms with Crippen LogP contribution >= 0.6 is 0 Å². The smallest absolute Gasteiger partial charge is 0.204 e. The number of hydrogen-bond donors (Lipinski definition) is 0. The minimum absolute atomic E-state index is 0.590. The second-order valence-electron chi connectivity index (χ2n) is 6.16. The van der Waals surface area contributed by atoms with Gasteiger partial charge in [0.25, 0.3) is 0 Å². The van der Waals surface area contributed by atoms with Crippen LogP contribution in [0.1, 0.15) is 17.5 Å². The molecule has 0 fully saturated rings. The highest BCUT2D eigenvalue weighted by molar-refractivity contribution is 5.77. The predicted octanol–water partition coefficient (Wildman–Crippen LogP) is 4.75. The molecule has 0 aliphatic carbocycles. The summed E-state index contributed by atoms with van der Waals surface area (Å²) in [6.45, 7) is 0. The van der Waals surface area contributed by atoms with Crippen LogP contribution in [0.3, 0.4) is 0 Å². The van der Waals surface area contributed by atoms with Crippen molar-refractivity contribution in [2.24, 2.45) is 0 Å². The van der Waals surface area contributed by atoms with Crippen molar-refractivity contribution < 1.29 is 14.2 Å². The van der Waals surface area contributed by atoms with Crippen LogP contribution in [0, 0.1) is 6.07 Å². The average molecular weight is 362 g/mol. The predicted molar refractivity (Wildman–Crippen MR) is 107 cm³/mol. The van der Waals surface area contributed by atoms with Crippen LogP contribution in [0.5, 0.6) is 17.2 Å². The normalized spacial score (nSPS) is 10.5. The van der Waals surface area contributed by atoms with Crippen LogP contribution in [0.15, 0.2) is 54.9 Å². The van der Waals surface area contributed by atoms with Crippen molar-refractivity contribution in [2.75, 3.05) is 21.3 Å². The van der Waals surface area contributed by atoms with E-state index >= 15 is 0 Å². The zero-order valence-electron chi connectivity index (χ0n) is 16.0. The number of hydrogen-bond acceptors (Lipinski definition) is 4. The van der Waals surface area contributed by atoms with Gasteiger partial charge < -0.3 is 14.2 Å². The average Bonchev–Trinajstić information content (AvgIpc) is 2.74. The van der Waals surface area contributed by atoms with Crippen LogP contribution in [0.2, 0.25) is 0 Å². The largest absolute Gasteiger partial charge is 0.492 e. The third-order valence-corrected chi connectivity index (χ3v) is 4.49. The van der Waals surface area contributed by atoms with E-state index in [0.29, 0.717) is 17.2 Å². The Morgan fingerprint density at radius 2 is 1.56 bits per heavy atom. The highest BCUT2D eigenvalue weighted by Gasteiger charge is 2.22. The first-order chi connectivity index (χ1) is 13.3. The number of rotatable bonds is 8. The van der Waals surface area contributed by atoms with Gasteiger partial charge in [0.1, 0.15) is 0 Å². The van der Waals surface area contributed by atoms with E-state index in [1.165, 1.54) is 5.56 Å². The highest BCUT2D eigenvalue weighted by Crippen LogP contribution is 2.46. The monoisotopic (exact) mass is 362 g/mol. The molecule has 0 spiro atoms. The van der Waals surface area contributed by atoms with Crippen molar-refractivity contribution >= 4 is 0 Å². The number of aromatic nitrogens is 1. The lowest BCUT2D eigenvalue weighted by Crippen LogP contribution is -2.02. The summed E-state index contributed by atoms with van der Waals surface area (Å²) in [5, 5.41) is 0. The van der Waals surface area contributed by atoms with Crippen molar-refractivity contribution in [2.45, 2.75) is 19.3 Å². The lowest BCUT2D eigenvalue weighted by atomic mass is 9.97. The molecule has 0 aliphatic heterocycles. The zero-order chi connectivity index (χ0) is 19.1. The Morgan fingerprint density at radius 3 is 2.19 bits per heavy atom. The van der Waals surface area contributed by atoms with Crippen LogP contribution in [0.4, 0.5) is 0 Å². The fourth-order valence-corrected chi connectivity index (χ4v) is 3.22. The van der Waals surface area contributed by atoms with Crippen molar-refractivity contribution in [1.82, 2.24) is 4.98 Å². The number of pyridine rings is 1. The summed E-state index contributed by atoms with van der Waals surface area (Å²) in [5.41, 5.74) is 4.06. The van der Waals surface area contributed by atoms with E-state index in [0.717, 1.165) is 36.0 Å². The number of aryl methyl sites for hydroxylation is 2. The van der Waals surface area contributed by atoms with Crippen LogP contribution in [-0.2, 0) is 12.8 Å². The highest BCUT2D eigenvalue weighted by atomic mass is 16.5. The first-order valence-corrected chi connectivity index (χ1v) is 8.97. The second-order valence-corrected chi connectivity index (χ2v) is 6.16. The molecule has 4 nitrogen and oxygen atoms in total. The van der Waals surface area contributed by atoms with Gasteiger partial charge in [0.15, 0.2) is 11.5 Å². The number of methoxy groups -OCH3 is 3. The Kier molecular flexibility index (Phi) is 6.31. The second kappa shape index (κ2) is 9.08. The molecule has 139 valence electrons. The van der Waals surface area contributed by atoms with Crippen molar-refractivity contribution in [1.29, 1.82) is 0 Å². The fourth-order valence-electron chi connectivity index (χ4n) is 3.22. The molecule has 1 radical (unpaired) electrons. The van der Waals surface area contributed by atoms with Gasteiger partial charge >= 0.3 is 0 Å². The van der Waals surface area contributed by atoms with Gasteiger partial charge in [-0.15, -0.1) is 0 Å². The van der Waals surface area contributed by atoms with Gasteiger partial charge in [-0.05, 0) is 30.9 Å². The van der Waals surface area contributed by atoms with Gasteiger partial charge in [-0.3, -0.25) is 4.98 Å². The SMILES string of the molecule is COc1c(CCCc2ccccc2)[c]c(-c2cccnc2)c(OC)c1OC. The molecule has 0 aliphatic rings. The van der Waals surface area contributed by atoms with E-state index in [9.17, 15) is 0 Å². The molecule has 4 heteroatoms. The summed E-state index contributed by atoms with van der Waals surface area (Å²) in [5.74, 6) is 1.87. The quantitative estimate of drug-likeness (QED) is 0.580. The van der Waals surface area contributed by atoms with E-state index in [4.69, 9.17) is 14.2 Å². The van der Waals surface area contributed by atoms with Crippen molar-refractivity contribution in [3.05, 3.63) is 72.1 Å².